The third kappa shape index (κ3) is 3.83. The topological polar surface area (TPSA) is 62.5 Å². The highest BCUT2D eigenvalue weighted by Crippen LogP contribution is 2.26. The van der Waals surface area contributed by atoms with Gasteiger partial charge in [0.15, 0.2) is 0 Å². The summed E-state index contributed by atoms with van der Waals surface area (Å²) in [4.78, 5) is 10.6. The van der Waals surface area contributed by atoms with Crippen LogP contribution in [-0.4, -0.2) is 29.1 Å². The van der Waals surface area contributed by atoms with Gasteiger partial charge in [-0.25, -0.2) is 4.79 Å². The second-order valence-electron chi connectivity index (χ2n) is 2.78. The van der Waals surface area contributed by atoms with Crippen LogP contribution in [0.25, 0.3) is 0 Å². The van der Waals surface area contributed by atoms with E-state index in [4.69, 9.17) is 15.9 Å². The van der Waals surface area contributed by atoms with Crippen molar-refractivity contribution >= 4 is 39.5 Å². The average Bonchev–Trinajstić information content (AvgIpc) is 2.60. The number of hydrogen-bond donors (Lipinski definition) is 2. The third-order valence-corrected chi connectivity index (χ3v) is 3.07. The standard InChI is InChI=1S/C10H10BrNO3S/c1-2-4-16-5-3-12-9-7(11)6-8(15-9)10(13)14/h1,6,12H,3-5H2,(H,13,14). The molecule has 0 aliphatic rings. The first-order valence-corrected chi connectivity index (χ1v) is 6.37. The van der Waals surface area contributed by atoms with Crippen LogP contribution < -0.4 is 5.32 Å². The van der Waals surface area contributed by atoms with Gasteiger partial charge in [0.25, 0.3) is 0 Å². The molecule has 1 aromatic heterocycles. The maximum atomic E-state index is 10.6. The molecule has 0 amide bonds. The van der Waals surface area contributed by atoms with Crippen LogP contribution in [0.5, 0.6) is 0 Å². The number of carboxylic acids is 1. The number of carbonyl (C=O) groups is 1. The molecule has 0 unspecified atom stereocenters. The first kappa shape index (κ1) is 13.0. The number of hydrogen-bond acceptors (Lipinski definition) is 4. The number of aromatic carboxylic acids is 1. The van der Waals surface area contributed by atoms with Gasteiger partial charge < -0.3 is 14.8 Å². The van der Waals surface area contributed by atoms with Crippen LogP contribution in [0.2, 0.25) is 0 Å². The van der Waals surface area contributed by atoms with Gasteiger partial charge in [-0.05, 0) is 15.9 Å². The molecule has 0 aliphatic heterocycles. The molecular formula is C10H10BrNO3S. The molecule has 0 spiro atoms. The Balaban J connectivity index is 2.42. The van der Waals surface area contributed by atoms with Crippen LogP contribution in [0.3, 0.4) is 0 Å². The van der Waals surface area contributed by atoms with Crippen LogP contribution in [0, 0.1) is 12.3 Å². The number of furan rings is 1. The molecule has 0 saturated carbocycles. The van der Waals surface area contributed by atoms with Crippen LogP contribution >= 0.6 is 27.7 Å². The zero-order valence-corrected chi connectivity index (χ0v) is 10.7. The van der Waals surface area contributed by atoms with E-state index in [2.05, 4.69) is 27.2 Å². The van der Waals surface area contributed by atoms with Crippen molar-refractivity contribution in [3.63, 3.8) is 0 Å². The van der Waals surface area contributed by atoms with Crippen molar-refractivity contribution in [2.45, 2.75) is 0 Å². The average molecular weight is 304 g/mol. The number of halogens is 1. The SMILES string of the molecule is C#CCSCCNc1oc(C(=O)O)cc1Br. The molecule has 4 nitrogen and oxygen atoms in total. The molecule has 2 N–H and O–H groups in total. The lowest BCUT2D eigenvalue weighted by Gasteiger charge is -2.01. The van der Waals surface area contributed by atoms with Gasteiger partial charge >= 0.3 is 5.97 Å². The summed E-state index contributed by atoms with van der Waals surface area (Å²) in [6.07, 6.45) is 5.10. The number of anilines is 1. The Hall–Kier alpha value is -1.06. The van der Waals surface area contributed by atoms with Crippen molar-refractivity contribution in [3.8, 4) is 12.3 Å². The molecule has 0 radical (unpaired) electrons. The van der Waals surface area contributed by atoms with Crippen molar-refractivity contribution in [1.29, 1.82) is 0 Å². The first-order chi connectivity index (χ1) is 7.65. The maximum absolute atomic E-state index is 10.6. The predicted molar refractivity (Wildman–Crippen MR) is 68.0 cm³/mol. The van der Waals surface area contributed by atoms with Crippen LogP contribution in [-0.2, 0) is 0 Å². The maximum Gasteiger partial charge on any atom is 0.371 e. The Kier molecular flexibility index (Phi) is 5.29. The van der Waals surface area contributed by atoms with E-state index >= 15 is 0 Å². The van der Waals surface area contributed by atoms with Gasteiger partial charge in [0.05, 0.1) is 10.2 Å². The summed E-state index contributed by atoms with van der Waals surface area (Å²) in [5.74, 6) is 3.27. The second kappa shape index (κ2) is 6.51. The summed E-state index contributed by atoms with van der Waals surface area (Å²) >= 11 is 4.83. The lowest BCUT2D eigenvalue weighted by atomic mass is 10.4. The van der Waals surface area contributed by atoms with E-state index in [9.17, 15) is 4.79 Å². The minimum Gasteiger partial charge on any atom is -0.475 e. The molecule has 1 heterocycles. The Morgan fingerprint density at radius 1 is 1.75 bits per heavy atom. The number of thioether (sulfide) groups is 1. The lowest BCUT2D eigenvalue weighted by molar-refractivity contribution is 0.0663. The van der Waals surface area contributed by atoms with E-state index in [0.29, 0.717) is 22.7 Å². The minimum absolute atomic E-state index is 0.0920. The number of terminal acetylenes is 1. The van der Waals surface area contributed by atoms with E-state index in [1.54, 1.807) is 11.8 Å². The fraction of sp³-hybridized carbons (Fsp3) is 0.300. The van der Waals surface area contributed by atoms with E-state index in [1.807, 2.05) is 0 Å². The zero-order chi connectivity index (χ0) is 12.0. The van der Waals surface area contributed by atoms with Gasteiger partial charge in [0.1, 0.15) is 0 Å². The van der Waals surface area contributed by atoms with Crippen molar-refractivity contribution in [3.05, 3.63) is 16.3 Å². The van der Waals surface area contributed by atoms with Crippen molar-refractivity contribution < 1.29 is 14.3 Å². The van der Waals surface area contributed by atoms with E-state index in [1.165, 1.54) is 6.07 Å². The van der Waals surface area contributed by atoms with Crippen LogP contribution in [0.15, 0.2) is 15.0 Å². The lowest BCUT2D eigenvalue weighted by Crippen LogP contribution is -2.03. The number of nitrogens with one attached hydrogen (secondary N) is 1. The Bertz CT molecular complexity index is 411. The molecule has 0 bridgehead atoms. The quantitative estimate of drug-likeness (QED) is 0.624. The molecule has 0 saturated heterocycles. The Morgan fingerprint density at radius 3 is 3.06 bits per heavy atom. The molecule has 0 atom stereocenters. The number of carboxylic acid groups (broad SMARTS) is 1. The van der Waals surface area contributed by atoms with Gasteiger partial charge in [0, 0.05) is 18.4 Å². The van der Waals surface area contributed by atoms with E-state index < -0.39 is 5.97 Å². The summed E-state index contributed by atoms with van der Waals surface area (Å²) < 4.78 is 5.68. The van der Waals surface area contributed by atoms with E-state index in [-0.39, 0.29) is 5.76 Å². The fourth-order valence-corrected chi connectivity index (χ4v) is 1.90. The van der Waals surface area contributed by atoms with Gasteiger partial charge in [-0.1, -0.05) is 5.92 Å². The summed E-state index contributed by atoms with van der Waals surface area (Å²) in [7, 11) is 0. The summed E-state index contributed by atoms with van der Waals surface area (Å²) in [6, 6.07) is 1.42. The molecule has 86 valence electrons. The van der Waals surface area contributed by atoms with Crippen LogP contribution in [0.4, 0.5) is 5.88 Å². The number of rotatable bonds is 6. The molecule has 0 fully saturated rings. The highest BCUT2D eigenvalue weighted by atomic mass is 79.9. The highest BCUT2D eigenvalue weighted by molar-refractivity contribution is 9.10. The fourth-order valence-electron chi connectivity index (χ4n) is 0.963. The summed E-state index contributed by atoms with van der Waals surface area (Å²) in [6.45, 7) is 0.664. The highest BCUT2D eigenvalue weighted by Gasteiger charge is 2.13. The molecule has 0 aliphatic carbocycles. The Labute approximate surface area is 106 Å². The molecule has 0 aromatic carbocycles. The summed E-state index contributed by atoms with van der Waals surface area (Å²) in [5, 5.41) is 11.7. The monoisotopic (exact) mass is 303 g/mol. The van der Waals surface area contributed by atoms with E-state index in [0.717, 1.165) is 5.75 Å². The van der Waals surface area contributed by atoms with Crippen molar-refractivity contribution in [2.75, 3.05) is 23.4 Å². The molecule has 6 heteroatoms. The van der Waals surface area contributed by atoms with Gasteiger partial charge in [-0.2, -0.15) is 0 Å². The smallest absolute Gasteiger partial charge is 0.371 e. The molecular weight excluding hydrogens is 294 g/mol. The Morgan fingerprint density at radius 2 is 2.50 bits per heavy atom. The molecule has 1 aromatic rings. The zero-order valence-electron chi connectivity index (χ0n) is 8.33. The summed E-state index contributed by atoms with van der Waals surface area (Å²) in [5.41, 5.74) is 0. The third-order valence-electron chi connectivity index (χ3n) is 1.61. The van der Waals surface area contributed by atoms with Crippen LogP contribution in [0.1, 0.15) is 10.6 Å². The predicted octanol–water partition coefficient (Wildman–Crippen LogP) is 2.52. The van der Waals surface area contributed by atoms with Crippen molar-refractivity contribution in [1.82, 2.24) is 0 Å². The van der Waals surface area contributed by atoms with Gasteiger partial charge in [-0.15, -0.1) is 18.2 Å². The molecule has 16 heavy (non-hydrogen) atoms. The molecule has 1 rings (SSSR count). The van der Waals surface area contributed by atoms with Gasteiger partial charge in [0.2, 0.25) is 11.6 Å². The van der Waals surface area contributed by atoms with Gasteiger partial charge in [-0.3, -0.25) is 0 Å². The largest absolute Gasteiger partial charge is 0.475 e. The first-order valence-electron chi connectivity index (χ1n) is 4.43. The van der Waals surface area contributed by atoms with Crippen molar-refractivity contribution in [2.24, 2.45) is 0 Å². The minimum atomic E-state index is -1.09. The second-order valence-corrected chi connectivity index (χ2v) is 4.74. The normalized spacial score (nSPS) is 9.75.